The molecule has 4 rings (SSSR count). The van der Waals surface area contributed by atoms with Crippen LogP contribution in [-0.4, -0.2) is 24.7 Å². The Kier molecular flexibility index (Phi) is 3.77. The lowest BCUT2D eigenvalue weighted by atomic mass is 10.1. The Morgan fingerprint density at radius 2 is 1.85 bits per heavy atom. The molecule has 0 amide bonds. The van der Waals surface area contributed by atoms with Gasteiger partial charge in [-0.25, -0.2) is 9.97 Å². The van der Waals surface area contributed by atoms with Crippen molar-refractivity contribution in [3.05, 3.63) is 70.9 Å². The van der Waals surface area contributed by atoms with E-state index in [9.17, 15) is 10.1 Å². The molecule has 0 aliphatic carbocycles. The van der Waals surface area contributed by atoms with Gasteiger partial charge in [-0.15, -0.1) is 0 Å². The van der Waals surface area contributed by atoms with Crippen LogP contribution in [0, 0.1) is 10.1 Å². The van der Waals surface area contributed by atoms with E-state index in [1.54, 1.807) is 24.4 Å². The SMILES string of the molecule is Cn1nc(-c2ccnc(Nc3ccc([N+](=O)[O-])cc3)n2)c2ccccc21. The molecule has 0 aliphatic heterocycles. The standard InChI is InChI=1S/C18H14N6O2/c1-23-16-5-3-2-4-14(16)17(22-23)15-10-11-19-18(21-15)20-12-6-8-13(9-7-12)24(25)26/h2-11H,1H3,(H,19,20,21). The largest absolute Gasteiger partial charge is 0.324 e. The lowest BCUT2D eigenvalue weighted by Crippen LogP contribution is -1.99. The Bertz CT molecular complexity index is 1100. The number of hydrogen-bond acceptors (Lipinski definition) is 6. The highest BCUT2D eigenvalue weighted by Crippen LogP contribution is 2.27. The van der Waals surface area contributed by atoms with E-state index in [0.29, 0.717) is 17.3 Å². The van der Waals surface area contributed by atoms with Gasteiger partial charge in [0.25, 0.3) is 5.69 Å². The van der Waals surface area contributed by atoms with Gasteiger partial charge in [0.1, 0.15) is 5.69 Å². The van der Waals surface area contributed by atoms with Crippen molar-refractivity contribution >= 4 is 28.2 Å². The van der Waals surface area contributed by atoms with E-state index >= 15 is 0 Å². The van der Waals surface area contributed by atoms with Crippen LogP contribution in [0.4, 0.5) is 17.3 Å². The van der Waals surface area contributed by atoms with Crippen molar-refractivity contribution in [2.24, 2.45) is 7.05 Å². The molecule has 0 saturated heterocycles. The number of non-ortho nitro benzene ring substituents is 1. The molecule has 4 aromatic rings. The fraction of sp³-hybridized carbons (Fsp3) is 0.0556. The van der Waals surface area contributed by atoms with Gasteiger partial charge < -0.3 is 5.32 Å². The summed E-state index contributed by atoms with van der Waals surface area (Å²) >= 11 is 0. The first-order valence-electron chi connectivity index (χ1n) is 7.88. The smallest absolute Gasteiger partial charge is 0.269 e. The van der Waals surface area contributed by atoms with Crippen molar-refractivity contribution < 1.29 is 4.92 Å². The average Bonchev–Trinajstić information content (AvgIpc) is 3.00. The van der Waals surface area contributed by atoms with Crippen LogP contribution in [0.2, 0.25) is 0 Å². The van der Waals surface area contributed by atoms with Gasteiger partial charge in [-0.2, -0.15) is 5.10 Å². The summed E-state index contributed by atoms with van der Waals surface area (Å²) in [4.78, 5) is 19.0. The van der Waals surface area contributed by atoms with Crippen LogP contribution in [0.25, 0.3) is 22.3 Å². The van der Waals surface area contributed by atoms with Crippen LogP contribution in [0.15, 0.2) is 60.8 Å². The predicted octanol–water partition coefficient (Wildman–Crippen LogP) is 3.68. The van der Waals surface area contributed by atoms with Gasteiger partial charge in [0.05, 0.1) is 16.1 Å². The highest BCUT2D eigenvalue weighted by atomic mass is 16.6. The minimum absolute atomic E-state index is 0.0326. The van der Waals surface area contributed by atoms with E-state index in [2.05, 4.69) is 20.4 Å². The minimum atomic E-state index is -0.437. The molecule has 2 aromatic heterocycles. The van der Waals surface area contributed by atoms with Gasteiger partial charge in [0.15, 0.2) is 0 Å². The van der Waals surface area contributed by atoms with Crippen LogP contribution in [-0.2, 0) is 7.05 Å². The second kappa shape index (κ2) is 6.25. The number of aryl methyl sites for hydroxylation is 1. The highest BCUT2D eigenvalue weighted by Gasteiger charge is 2.12. The molecular weight excluding hydrogens is 332 g/mol. The molecule has 26 heavy (non-hydrogen) atoms. The van der Waals surface area contributed by atoms with Gasteiger partial charge in [-0.05, 0) is 24.3 Å². The molecule has 8 nitrogen and oxygen atoms in total. The zero-order valence-corrected chi connectivity index (χ0v) is 13.8. The third-order valence-corrected chi connectivity index (χ3v) is 3.99. The van der Waals surface area contributed by atoms with Gasteiger partial charge in [0, 0.05) is 36.5 Å². The molecule has 0 radical (unpaired) electrons. The maximum atomic E-state index is 10.7. The number of nitrogens with one attached hydrogen (secondary N) is 1. The fourth-order valence-electron chi connectivity index (χ4n) is 2.75. The Hall–Kier alpha value is -3.81. The minimum Gasteiger partial charge on any atom is -0.324 e. The first kappa shape index (κ1) is 15.7. The first-order chi connectivity index (χ1) is 12.6. The highest BCUT2D eigenvalue weighted by molar-refractivity contribution is 5.92. The lowest BCUT2D eigenvalue weighted by molar-refractivity contribution is -0.384. The van der Waals surface area contributed by atoms with Crippen LogP contribution in [0.1, 0.15) is 0 Å². The molecule has 1 N–H and O–H groups in total. The van der Waals surface area contributed by atoms with Crippen molar-refractivity contribution in [1.29, 1.82) is 0 Å². The predicted molar refractivity (Wildman–Crippen MR) is 98.1 cm³/mol. The van der Waals surface area contributed by atoms with Crippen molar-refractivity contribution in [2.45, 2.75) is 0 Å². The summed E-state index contributed by atoms with van der Waals surface area (Å²) in [5.41, 5.74) is 3.19. The molecule has 2 aromatic carbocycles. The number of nitrogens with zero attached hydrogens (tertiary/aromatic N) is 5. The van der Waals surface area contributed by atoms with E-state index in [1.165, 1.54) is 12.1 Å². The molecule has 8 heteroatoms. The molecular formula is C18H14N6O2. The van der Waals surface area contributed by atoms with Crippen molar-refractivity contribution in [3.8, 4) is 11.4 Å². The summed E-state index contributed by atoms with van der Waals surface area (Å²) in [6.07, 6.45) is 1.65. The number of rotatable bonds is 4. The normalized spacial score (nSPS) is 10.8. The van der Waals surface area contributed by atoms with E-state index in [0.717, 1.165) is 16.6 Å². The van der Waals surface area contributed by atoms with Crippen LogP contribution in [0.3, 0.4) is 0 Å². The Morgan fingerprint density at radius 3 is 2.62 bits per heavy atom. The van der Waals surface area contributed by atoms with Crippen molar-refractivity contribution in [3.63, 3.8) is 0 Å². The maximum Gasteiger partial charge on any atom is 0.269 e. The second-order valence-corrected chi connectivity index (χ2v) is 5.68. The first-order valence-corrected chi connectivity index (χ1v) is 7.88. The molecule has 0 saturated carbocycles. The molecule has 0 fully saturated rings. The molecule has 0 aliphatic rings. The number of anilines is 2. The molecule has 0 unspecified atom stereocenters. The third kappa shape index (κ3) is 2.84. The summed E-state index contributed by atoms with van der Waals surface area (Å²) in [5.74, 6) is 0.395. The van der Waals surface area contributed by atoms with Gasteiger partial charge in [-0.3, -0.25) is 14.8 Å². The second-order valence-electron chi connectivity index (χ2n) is 5.68. The quantitative estimate of drug-likeness (QED) is 0.447. The summed E-state index contributed by atoms with van der Waals surface area (Å²) in [6.45, 7) is 0. The third-order valence-electron chi connectivity index (χ3n) is 3.99. The van der Waals surface area contributed by atoms with Crippen LogP contribution in [0.5, 0.6) is 0 Å². The zero-order chi connectivity index (χ0) is 18.1. The van der Waals surface area contributed by atoms with Gasteiger partial charge in [-0.1, -0.05) is 18.2 Å². The Morgan fingerprint density at radius 1 is 1.08 bits per heavy atom. The van der Waals surface area contributed by atoms with Crippen molar-refractivity contribution in [2.75, 3.05) is 5.32 Å². The Balaban J connectivity index is 1.67. The van der Waals surface area contributed by atoms with E-state index in [-0.39, 0.29) is 5.69 Å². The number of benzene rings is 2. The number of aromatic nitrogens is 4. The summed E-state index contributed by atoms with van der Waals surface area (Å²) in [5, 5.41) is 19.4. The molecule has 0 spiro atoms. The van der Waals surface area contributed by atoms with Gasteiger partial charge in [0.2, 0.25) is 5.95 Å². The van der Waals surface area contributed by atoms with E-state index in [1.807, 2.05) is 36.0 Å². The van der Waals surface area contributed by atoms with Crippen molar-refractivity contribution in [1.82, 2.24) is 19.7 Å². The topological polar surface area (TPSA) is 98.8 Å². The molecule has 0 atom stereocenters. The van der Waals surface area contributed by atoms with Crippen LogP contribution < -0.4 is 5.32 Å². The summed E-state index contributed by atoms with van der Waals surface area (Å²) < 4.78 is 1.82. The zero-order valence-electron chi connectivity index (χ0n) is 13.8. The molecule has 2 heterocycles. The monoisotopic (exact) mass is 346 g/mol. The molecule has 0 bridgehead atoms. The summed E-state index contributed by atoms with van der Waals surface area (Å²) in [6, 6.07) is 15.8. The molecule has 128 valence electrons. The van der Waals surface area contributed by atoms with Crippen LogP contribution >= 0.6 is 0 Å². The lowest BCUT2D eigenvalue weighted by Gasteiger charge is -2.05. The number of nitro groups is 1. The van der Waals surface area contributed by atoms with Gasteiger partial charge >= 0.3 is 0 Å². The number of para-hydroxylation sites is 1. The number of hydrogen-bond donors (Lipinski definition) is 1. The summed E-state index contributed by atoms with van der Waals surface area (Å²) in [7, 11) is 1.89. The Labute approximate surface area is 148 Å². The average molecular weight is 346 g/mol. The number of nitro benzene ring substituents is 1. The van der Waals surface area contributed by atoms with E-state index < -0.39 is 4.92 Å². The fourth-order valence-corrected chi connectivity index (χ4v) is 2.75. The maximum absolute atomic E-state index is 10.7. The van der Waals surface area contributed by atoms with E-state index in [4.69, 9.17) is 0 Å². The number of fused-ring (bicyclic) bond motifs is 1.